The molecule has 1 heterocycles. The van der Waals surface area contributed by atoms with E-state index in [1.165, 1.54) is 32.1 Å². The van der Waals surface area contributed by atoms with Crippen molar-refractivity contribution in [1.82, 2.24) is 16.0 Å². The second kappa shape index (κ2) is 9.03. The number of hydrogen-bond donors (Lipinski definition) is 3. The van der Waals surface area contributed by atoms with Crippen LogP contribution in [-0.4, -0.2) is 38.0 Å². The molecule has 0 spiro atoms. The molecule has 0 aromatic rings. The lowest BCUT2D eigenvalue weighted by Gasteiger charge is -2.11. The fourth-order valence-electron chi connectivity index (χ4n) is 3.34. The van der Waals surface area contributed by atoms with Gasteiger partial charge in [0.15, 0.2) is 0 Å². The van der Waals surface area contributed by atoms with Crippen LogP contribution < -0.4 is 16.0 Å². The van der Waals surface area contributed by atoms with E-state index in [2.05, 4.69) is 16.0 Å². The van der Waals surface area contributed by atoms with Gasteiger partial charge in [0, 0.05) is 25.9 Å². The Morgan fingerprint density at radius 1 is 0.952 bits per heavy atom. The highest BCUT2D eigenvalue weighted by Gasteiger charge is 2.18. The minimum Gasteiger partial charge on any atom is -0.354 e. The molecule has 0 aromatic carbocycles. The van der Waals surface area contributed by atoms with Gasteiger partial charge in [-0.25, -0.2) is 0 Å². The van der Waals surface area contributed by atoms with Crippen molar-refractivity contribution >= 4 is 11.8 Å². The maximum Gasteiger partial charge on any atom is 0.220 e. The van der Waals surface area contributed by atoms with E-state index in [9.17, 15) is 9.59 Å². The molecule has 2 fully saturated rings. The average Bonchev–Trinajstić information content (AvgIpc) is 3.14. The van der Waals surface area contributed by atoms with Gasteiger partial charge in [0.1, 0.15) is 0 Å². The van der Waals surface area contributed by atoms with E-state index in [1.807, 2.05) is 0 Å². The van der Waals surface area contributed by atoms with Gasteiger partial charge in [-0.2, -0.15) is 0 Å². The van der Waals surface area contributed by atoms with Gasteiger partial charge < -0.3 is 16.0 Å². The minimum atomic E-state index is 0.104. The Balaban J connectivity index is 1.44. The van der Waals surface area contributed by atoms with E-state index in [0.29, 0.717) is 37.8 Å². The van der Waals surface area contributed by atoms with Crippen molar-refractivity contribution in [3.63, 3.8) is 0 Å². The van der Waals surface area contributed by atoms with Crippen LogP contribution >= 0.6 is 0 Å². The highest BCUT2D eigenvalue weighted by atomic mass is 16.2. The molecule has 2 aliphatic rings. The molecule has 1 unspecified atom stereocenters. The van der Waals surface area contributed by atoms with Gasteiger partial charge in [-0.3, -0.25) is 9.59 Å². The third-order valence-electron chi connectivity index (χ3n) is 4.66. The van der Waals surface area contributed by atoms with Crippen molar-refractivity contribution in [2.24, 2.45) is 11.8 Å². The molecular weight excluding hydrogens is 266 g/mol. The summed E-state index contributed by atoms with van der Waals surface area (Å²) in [7, 11) is 0. The van der Waals surface area contributed by atoms with Crippen molar-refractivity contribution < 1.29 is 9.59 Å². The zero-order valence-electron chi connectivity index (χ0n) is 13.0. The van der Waals surface area contributed by atoms with Crippen molar-refractivity contribution in [2.45, 2.75) is 51.4 Å². The summed E-state index contributed by atoms with van der Waals surface area (Å²) < 4.78 is 0. The van der Waals surface area contributed by atoms with Crippen LogP contribution in [0.1, 0.15) is 51.4 Å². The fourth-order valence-corrected chi connectivity index (χ4v) is 3.34. The number of nitrogens with one attached hydrogen (secondary N) is 3. The minimum absolute atomic E-state index is 0.104. The smallest absolute Gasteiger partial charge is 0.220 e. The molecule has 120 valence electrons. The van der Waals surface area contributed by atoms with Crippen molar-refractivity contribution in [1.29, 1.82) is 0 Å². The highest BCUT2D eigenvalue weighted by molar-refractivity contribution is 5.77. The maximum atomic E-state index is 11.7. The molecule has 3 N–H and O–H groups in total. The van der Waals surface area contributed by atoms with E-state index >= 15 is 0 Å². The monoisotopic (exact) mass is 295 g/mol. The van der Waals surface area contributed by atoms with E-state index in [1.54, 1.807) is 0 Å². The molecule has 5 heteroatoms. The first-order valence-electron chi connectivity index (χ1n) is 8.48. The second-order valence-electron chi connectivity index (χ2n) is 6.45. The maximum absolute atomic E-state index is 11.7. The van der Waals surface area contributed by atoms with Gasteiger partial charge in [-0.05, 0) is 50.6 Å². The summed E-state index contributed by atoms with van der Waals surface area (Å²) in [5, 5.41) is 9.09. The third-order valence-corrected chi connectivity index (χ3v) is 4.66. The molecular formula is C16H29N3O2. The van der Waals surface area contributed by atoms with Crippen LogP contribution in [-0.2, 0) is 9.59 Å². The normalized spacial score (nSPS) is 22.4. The number of carbonyl (C=O) groups is 2. The summed E-state index contributed by atoms with van der Waals surface area (Å²) >= 11 is 0. The quantitative estimate of drug-likeness (QED) is 0.589. The zero-order chi connectivity index (χ0) is 14.9. The summed E-state index contributed by atoms with van der Waals surface area (Å²) in [5.41, 5.74) is 0. The molecule has 1 saturated carbocycles. The van der Waals surface area contributed by atoms with Crippen LogP contribution in [0, 0.1) is 11.8 Å². The summed E-state index contributed by atoms with van der Waals surface area (Å²) in [6.45, 7) is 3.21. The molecule has 0 radical (unpaired) electrons. The predicted octanol–water partition coefficient (Wildman–Crippen LogP) is 1.19. The number of hydrogen-bond acceptors (Lipinski definition) is 3. The molecule has 21 heavy (non-hydrogen) atoms. The van der Waals surface area contributed by atoms with Gasteiger partial charge in [0.05, 0.1) is 0 Å². The Bertz CT molecular complexity index is 334. The molecule has 2 rings (SSSR count). The first-order chi connectivity index (χ1) is 10.2. The lowest BCUT2D eigenvalue weighted by Crippen LogP contribution is -2.35. The van der Waals surface area contributed by atoms with Crippen molar-refractivity contribution in [2.75, 3.05) is 26.2 Å². The molecule has 1 aliphatic carbocycles. The summed E-state index contributed by atoms with van der Waals surface area (Å²) in [4.78, 5) is 23.4. The Hall–Kier alpha value is -1.10. The largest absolute Gasteiger partial charge is 0.354 e. The number of amides is 2. The Kier molecular flexibility index (Phi) is 7.00. The van der Waals surface area contributed by atoms with Gasteiger partial charge in [0.25, 0.3) is 0 Å². The lowest BCUT2D eigenvalue weighted by molar-refractivity contribution is -0.123. The third kappa shape index (κ3) is 6.46. The predicted molar refractivity (Wildman–Crippen MR) is 82.8 cm³/mol. The van der Waals surface area contributed by atoms with Gasteiger partial charge >= 0.3 is 0 Å². The van der Waals surface area contributed by atoms with Crippen molar-refractivity contribution in [3.05, 3.63) is 0 Å². The van der Waals surface area contributed by atoms with Gasteiger partial charge in [0.2, 0.25) is 11.8 Å². The van der Waals surface area contributed by atoms with Crippen LogP contribution in [0.2, 0.25) is 0 Å². The molecule has 0 bridgehead atoms. The topological polar surface area (TPSA) is 70.2 Å². The van der Waals surface area contributed by atoms with Gasteiger partial charge in [-0.15, -0.1) is 0 Å². The lowest BCUT2D eigenvalue weighted by atomic mass is 10.0. The summed E-state index contributed by atoms with van der Waals surface area (Å²) in [6.07, 6.45) is 8.33. The second-order valence-corrected chi connectivity index (χ2v) is 6.45. The Labute approximate surface area is 127 Å². The molecule has 5 nitrogen and oxygen atoms in total. The Morgan fingerprint density at radius 2 is 1.67 bits per heavy atom. The number of rotatable bonds is 8. The van der Waals surface area contributed by atoms with Crippen LogP contribution in [0.25, 0.3) is 0 Å². The summed E-state index contributed by atoms with van der Waals surface area (Å²) in [5.74, 6) is 1.47. The first-order valence-corrected chi connectivity index (χ1v) is 8.48. The number of carbonyl (C=O) groups excluding carboxylic acids is 2. The zero-order valence-corrected chi connectivity index (χ0v) is 13.0. The van der Waals surface area contributed by atoms with Crippen LogP contribution in [0.4, 0.5) is 0 Å². The highest BCUT2D eigenvalue weighted by Crippen LogP contribution is 2.27. The standard InChI is InChI=1S/C16H29N3O2/c20-15(6-5-14-7-8-17-12-14)18-9-10-19-16(21)11-13-3-1-2-4-13/h13-14,17H,1-12H2,(H,18,20)(H,19,21). The van der Waals surface area contributed by atoms with Crippen LogP contribution in [0.5, 0.6) is 0 Å². The summed E-state index contributed by atoms with van der Waals surface area (Å²) in [6, 6.07) is 0. The average molecular weight is 295 g/mol. The van der Waals surface area contributed by atoms with Crippen LogP contribution in [0.3, 0.4) is 0 Å². The van der Waals surface area contributed by atoms with E-state index in [0.717, 1.165) is 19.5 Å². The van der Waals surface area contributed by atoms with E-state index in [-0.39, 0.29) is 11.8 Å². The fraction of sp³-hybridized carbons (Fsp3) is 0.875. The molecule has 0 aromatic heterocycles. The van der Waals surface area contributed by atoms with Crippen molar-refractivity contribution in [3.8, 4) is 0 Å². The molecule has 1 saturated heterocycles. The SMILES string of the molecule is O=C(CCC1CCNC1)NCCNC(=O)CC1CCCC1. The van der Waals surface area contributed by atoms with Gasteiger partial charge in [-0.1, -0.05) is 12.8 Å². The molecule has 2 amide bonds. The molecule has 1 aliphatic heterocycles. The first kappa shape index (κ1) is 16.3. The Morgan fingerprint density at radius 3 is 2.33 bits per heavy atom. The molecule has 1 atom stereocenters. The van der Waals surface area contributed by atoms with Crippen LogP contribution in [0.15, 0.2) is 0 Å². The van der Waals surface area contributed by atoms with E-state index < -0.39 is 0 Å². The van der Waals surface area contributed by atoms with E-state index in [4.69, 9.17) is 0 Å².